The van der Waals surface area contributed by atoms with Gasteiger partial charge in [-0.1, -0.05) is 13.8 Å². The van der Waals surface area contributed by atoms with Gasteiger partial charge in [0.1, 0.15) is 0 Å². The molecule has 17 heavy (non-hydrogen) atoms. The van der Waals surface area contributed by atoms with E-state index in [2.05, 4.69) is 29.0 Å². The lowest BCUT2D eigenvalue weighted by Crippen LogP contribution is -2.54. The molecule has 0 aromatic carbocycles. The number of rotatable bonds is 3. The minimum absolute atomic E-state index is 0.0335. The largest absolute Gasteiger partial charge is 0.324 e. The second-order valence-corrected chi connectivity index (χ2v) is 5.55. The molecule has 0 spiro atoms. The number of amides is 1. The van der Waals surface area contributed by atoms with Crippen molar-refractivity contribution < 1.29 is 4.79 Å². The standard InChI is InChI=1S/C13H19N3O/c1-10-4-5-11(6-14-10)15-12(17)7-16-8-13(2,3)9-16/h4-6H,7-9H2,1-3H3,(H,15,17). The first-order valence-corrected chi connectivity index (χ1v) is 5.89. The lowest BCUT2D eigenvalue weighted by Gasteiger charge is -2.45. The summed E-state index contributed by atoms with van der Waals surface area (Å²) in [6, 6.07) is 3.77. The Bertz CT molecular complexity index is 403. The van der Waals surface area contributed by atoms with Gasteiger partial charge in [-0.3, -0.25) is 14.7 Å². The number of pyridine rings is 1. The Labute approximate surface area is 102 Å². The summed E-state index contributed by atoms with van der Waals surface area (Å²) in [6.45, 7) is 8.81. The Kier molecular flexibility index (Phi) is 3.15. The minimum atomic E-state index is 0.0335. The molecule has 0 saturated carbocycles. The van der Waals surface area contributed by atoms with Gasteiger partial charge in [0.25, 0.3) is 0 Å². The van der Waals surface area contributed by atoms with Crippen LogP contribution < -0.4 is 5.32 Å². The van der Waals surface area contributed by atoms with Crippen LogP contribution in [0.4, 0.5) is 5.69 Å². The van der Waals surface area contributed by atoms with Crippen LogP contribution in [-0.2, 0) is 4.79 Å². The zero-order valence-corrected chi connectivity index (χ0v) is 10.7. The number of nitrogens with zero attached hydrogens (tertiary/aromatic N) is 2. The SMILES string of the molecule is Cc1ccc(NC(=O)CN2CC(C)(C)C2)cn1. The first-order valence-electron chi connectivity index (χ1n) is 5.89. The second-order valence-electron chi connectivity index (χ2n) is 5.55. The Morgan fingerprint density at radius 2 is 2.18 bits per heavy atom. The van der Waals surface area contributed by atoms with E-state index in [4.69, 9.17) is 0 Å². The third-order valence-corrected chi connectivity index (χ3v) is 2.87. The fourth-order valence-corrected chi connectivity index (χ4v) is 2.22. The fourth-order valence-electron chi connectivity index (χ4n) is 2.22. The van der Waals surface area contributed by atoms with Crippen molar-refractivity contribution >= 4 is 11.6 Å². The maximum atomic E-state index is 11.7. The Hall–Kier alpha value is -1.42. The van der Waals surface area contributed by atoms with Crippen LogP contribution in [0.5, 0.6) is 0 Å². The highest BCUT2D eigenvalue weighted by Gasteiger charge is 2.34. The molecule has 2 rings (SSSR count). The summed E-state index contributed by atoms with van der Waals surface area (Å²) in [5.74, 6) is 0.0335. The van der Waals surface area contributed by atoms with Gasteiger partial charge in [0.05, 0.1) is 18.4 Å². The molecule has 1 aliphatic heterocycles. The highest BCUT2D eigenvalue weighted by molar-refractivity contribution is 5.92. The van der Waals surface area contributed by atoms with E-state index in [0.717, 1.165) is 24.5 Å². The van der Waals surface area contributed by atoms with E-state index < -0.39 is 0 Å². The van der Waals surface area contributed by atoms with Crippen molar-refractivity contribution in [3.8, 4) is 0 Å². The van der Waals surface area contributed by atoms with Gasteiger partial charge in [-0.05, 0) is 24.5 Å². The van der Waals surface area contributed by atoms with E-state index in [1.54, 1.807) is 6.20 Å². The minimum Gasteiger partial charge on any atom is -0.324 e. The number of hydrogen-bond acceptors (Lipinski definition) is 3. The number of carbonyl (C=O) groups is 1. The molecule has 0 unspecified atom stereocenters. The van der Waals surface area contributed by atoms with Gasteiger partial charge in [-0.25, -0.2) is 0 Å². The Morgan fingerprint density at radius 3 is 2.71 bits per heavy atom. The van der Waals surface area contributed by atoms with Crippen LogP contribution in [0.15, 0.2) is 18.3 Å². The van der Waals surface area contributed by atoms with Gasteiger partial charge in [0, 0.05) is 18.8 Å². The van der Waals surface area contributed by atoms with Crippen molar-refractivity contribution in [2.45, 2.75) is 20.8 Å². The summed E-state index contributed by atoms with van der Waals surface area (Å²) >= 11 is 0. The molecule has 0 bridgehead atoms. The third kappa shape index (κ3) is 3.27. The third-order valence-electron chi connectivity index (χ3n) is 2.87. The molecular formula is C13H19N3O. The van der Waals surface area contributed by atoms with Gasteiger partial charge in [0.2, 0.25) is 5.91 Å². The topological polar surface area (TPSA) is 45.2 Å². The first kappa shape index (κ1) is 12.0. The molecule has 0 radical (unpaired) electrons. The van der Waals surface area contributed by atoms with Crippen LogP contribution in [0.2, 0.25) is 0 Å². The van der Waals surface area contributed by atoms with Crippen LogP contribution >= 0.6 is 0 Å². The molecule has 1 aliphatic rings. The summed E-state index contributed by atoms with van der Waals surface area (Å²) in [7, 11) is 0. The molecule has 4 nitrogen and oxygen atoms in total. The normalized spacial score (nSPS) is 18.5. The van der Waals surface area contributed by atoms with Crippen molar-refractivity contribution in [2.24, 2.45) is 5.41 Å². The van der Waals surface area contributed by atoms with Crippen molar-refractivity contribution in [1.82, 2.24) is 9.88 Å². The molecular weight excluding hydrogens is 214 g/mol. The van der Waals surface area contributed by atoms with Crippen molar-refractivity contribution in [3.63, 3.8) is 0 Å². The van der Waals surface area contributed by atoms with Crippen LogP contribution in [0.1, 0.15) is 19.5 Å². The highest BCUT2D eigenvalue weighted by atomic mass is 16.2. The van der Waals surface area contributed by atoms with E-state index in [1.165, 1.54) is 0 Å². The van der Waals surface area contributed by atoms with E-state index in [1.807, 2.05) is 19.1 Å². The molecule has 2 heterocycles. The predicted octanol–water partition coefficient (Wildman–Crippen LogP) is 1.67. The summed E-state index contributed by atoms with van der Waals surface area (Å²) in [5.41, 5.74) is 2.08. The number of anilines is 1. The second kappa shape index (κ2) is 4.45. The molecule has 0 aliphatic carbocycles. The van der Waals surface area contributed by atoms with Crippen LogP contribution in [0.25, 0.3) is 0 Å². The average molecular weight is 233 g/mol. The van der Waals surface area contributed by atoms with Gasteiger partial charge in [-0.2, -0.15) is 0 Å². The van der Waals surface area contributed by atoms with E-state index in [9.17, 15) is 4.79 Å². The van der Waals surface area contributed by atoms with Crippen molar-refractivity contribution in [2.75, 3.05) is 25.0 Å². The Morgan fingerprint density at radius 1 is 1.47 bits per heavy atom. The zero-order valence-electron chi connectivity index (χ0n) is 10.7. The maximum absolute atomic E-state index is 11.7. The van der Waals surface area contributed by atoms with Gasteiger partial charge in [-0.15, -0.1) is 0 Å². The quantitative estimate of drug-likeness (QED) is 0.863. The molecule has 1 amide bonds. The molecule has 1 N–H and O–H groups in total. The lowest BCUT2D eigenvalue weighted by atomic mass is 9.84. The van der Waals surface area contributed by atoms with E-state index in [0.29, 0.717) is 12.0 Å². The monoisotopic (exact) mass is 233 g/mol. The highest BCUT2D eigenvalue weighted by Crippen LogP contribution is 2.27. The molecule has 1 saturated heterocycles. The van der Waals surface area contributed by atoms with Crippen LogP contribution in [0, 0.1) is 12.3 Å². The number of likely N-dealkylation sites (tertiary alicyclic amines) is 1. The van der Waals surface area contributed by atoms with Gasteiger partial charge in [0.15, 0.2) is 0 Å². The van der Waals surface area contributed by atoms with Crippen LogP contribution in [-0.4, -0.2) is 35.4 Å². The van der Waals surface area contributed by atoms with Crippen molar-refractivity contribution in [1.29, 1.82) is 0 Å². The number of carbonyl (C=O) groups excluding carboxylic acids is 1. The van der Waals surface area contributed by atoms with E-state index >= 15 is 0 Å². The molecule has 92 valence electrons. The number of hydrogen-bond donors (Lipinski definition) is 1. The first-order chi connectivity index (χ1) is 7.94. The zero-order chi connectivity index (χ0) is 12.5. The molecule has 0 atom stereocenters. The number of nitrogens with one attached hydrogen (secondary N) is 1. The van der Waals surface area contributed by atoms with Crippen LogP contribution in [0.3, 0.4) is 0 Å². The Balaban J connectivity index is 1.80. The van der Waals surface area contributed by atoms with E-state index in [-0.39, 0.29) is 5.91 Å². The molecule has 4 heteroatoms. The summed E-state index contributed by atoms with van der Waals surface area (Å²) in [5, 5.41) is 2.85. The average Bonchev–Trinajstić information content (AvgIpc) is 2.18. The van der Waals surface area contributed by atoms with Gasteiger partial charge < -0.3 is 5.32 Å². The molecule has 1 aromatic heterocycles. The summed E-state index contributed by atoms with van der Waals surface area (Å²) in [6.07, 6.45) is 1.69. The fraction of sp³-hybridized carbons (Fsp3) is 0.538. The predicted molar refractivity (Wildman–Crippen MR) is 67.8 cm³/mol. The van der Waals surface area contributed by atoms with Gasteiger partial charge >= 0.3 is 0 Å². The number of aromatic nitrogens is 1. The van der Waals surface area contributed by atoms with Crippen molar-refractivity contribution in [3.05, 3.63) is 24.0 Å². The maximum Gasteiger partial charge on any atom is 0.238 e. The molecule has 1 fully saturated rings. The smallest absolute Gasteiger partial charge is 0.238 e. The summed E-state index contributed by atoms with van der Waals surface area (Å²) < 4.78 is 0. The molecule has 1 aromatic rings. The lowest BCUT2D eigenvalue weighted by molar-refractivity contribution is -0.120. The summed E-state index contributed by atoms with van der Waals surface area (Å²) in [4.78, 5) is 18.0. The number of aryl methyl sites for hydroxylation is 1.